The Labute approximate surface area is 132 Å². The summed E-state index contributed by atoms with van der Waals surface area (Å²) < 4.78 is 18.5. The molecule has 1 N–H and O–H groups in total. The monoisotopic (exact) mass is 326 g/mol. The molecule has 0 spiro atoms. The maximum Gasteiger partial charge on any atom is 0.338 e. The Hall–Kier alpha value is -2.08. The van der Waals surface area contributed by atoms with Crippen LogP contribution in [-0.2, 0) is 9.53 Å². The van der Waals surface area contributed by atoms with Crippen LogP contribution in [0.25, 0.3) is 0 Å². The molecule has 2 amide bonds. The SMILES string of the molecule is CCOC(=O)C1=C(CCl)N(C)C(=O)NC1c1cccc(F)c1. The van der Waals surface area contributed by atoms with E-state index >= 15 is 0 Å². The molecule has 1 aliphatic heterocycles. The summed E-state index contributed by atoms with van der Waals surface area (Å²) in [6, 6.07) is 4.48. The normalized spacial score (nSPS) is 18.3. The van der Waals surface area contributed by atoms with E-state index in [1.807, 2.05) is 0 Å². The first-order valence-electron chi connectivity index (χ1n) is 6.75. The number of urea groups is 1. The van der Waals surface area contributed by atoms with Crippen molar-refractivity contribution in [2.24, 2.45) is 0 Å². The molecule has 1 heterocycles. The molecule has 7 heteroatoms. The van der Waals surface area contributed by atoms with Crippen LogP contribution in [0.2, 0.25) is 0 Å². The number of carbonyl (C=O) groups is 2. The van der Waals surface area contributed by atoms with E-state index in [9.17, 15) is 14.0 Å². The van der Waals surface area contributed by atoms with Gasteiger partial charge >= 0.3 is 12.0 Å². The van der Waals surface area contributed by atoms with E-state index < -0.39 is 23.9 Å². The summed E-state index contributed by atoms with van der Waals surface area (Å²) in [7, 11) is 1.51. The number of hydrogen-bond acceptors (Lipinski definition) is 3. The number of hydrogen-bond donors (Lipinski definition) is 1. The van der Waals surface area contributed by atoms with E-state index in [4.69, 9.17) is 16.3 Å². The second-order valence-electron chi connectivity index (χ2n) is 4.71. The lowest BCUT2D eigenvalue weighted by molar-refractivity contribution is -0.139. The van der Waals surface area contributed by atoms with Gasteiger partial charge in [0, 0.05) is 12.7 Å². The number of carbonyl (C=O) groups excluding carboxylic acids is 2. The standard InChI is InChI=1S/C15H16ClFN2O3/c1-3-22-14(20)12-11(8-16)19(2)15(21)18-13(12)9-5-4-6-10(17)7-9/h4-7,13H,3,8H2,1-2H3,(H,18,21). The van der Waals surface area contributed by atoms with Crippen molar-refractivity contribution in [2.45, 2.75) is 13.0 Å². The summed E-state index contributed by atoms with van der Waals surface area (Å²) in [6.07, 6.45) is 0. The minimum Gasteiger partial charge on any atom is -0.463 e. The molecule has 1 aromatic rings. The van der Waals surface area contributed by atoms with Gasteiger partial charge in [0.25, 0.3) is 0 Å². The molecule has 1 unspecified atom stereocenters. The molecule has 0 saturated carbocycles. The maximum absolute atomic E-state index is 13.5. The second kappa shape index (κ2) is 6.79. The van der Waals surface area contributed by atoms with E-state index in [0.717, 1.165) is 0 Å². The van der Waals surface area contributed by atoms with E-state index in [-0.39, 0.29) is 18.1 Å². The Balaban J connectivity index is 2.56. The Kier molecular flexibility index (Phi) is 5.03. The highest BCUT2D eigenvalue weighted by Gasteiger charge is 2.36. The van der Waals surface area contributed by atoms with Gasteiger partial charge in [-0.2, -0.15) is 0 Å². The number of allylic oxidation sites excluding steroid dienone is 1. The van der Waals surface area contributed by atoms with Crippen LogP contribution in [0.3, 0.4) is 0 Å². The van der Waals surface area contributed by atoms with Gasteiger partial charge in [-0.25, -0.2) is 14.0 Å². The molecule has 1 aromatic carbocycles. The van der Waals surface area contributed by atoms with Gasteiger partial charge in [-0.05, 0) is 24.6 Å². The van der Waals surface area contributed by atoms with Crippen molar-refractivity contribution in [1.82, 2.24) is 10.2 Å². The summed E-state index contributed by atoms with van der Waals surface area (Å²) >= 11 is 5.90. The van der Waals surface area contributed by atoms with Crippen LogP contribution in [0.4, 0.5) is 9.18 Å². The first-order chi connectivity index (χ1) is 10.5. The number of benzene rings is 1. The van der Waals surface area contributed by atoms with Crippen LogP contribution in [0, 0.1) is 5.82 Å². The lowest BCUT2D eigenvalue weighted by atomic mass is 9.95. The van der Waals surface area contributed by atoms with E-state index in [1.54, 1.807) is 13.0 Å². The van der Waals surface area contributed by atoms with Gasteiger partial charge in [0.05, 0.1) is 24.1 Å². The van der Waals surface area contributed by atoms with Crippen molar-refractivity contribution in [2.75, 3.05) is 19.5 Å². The van der Waals surface area contributed by atoms with Crippen molar-refractivity contribution >= 4 is 23.6 Å². The smallest absolute Gasteiger partial charge is 0.338 e. The number of amides is 2. The predicted molar refractivity (Wildman–Crippen MR) is 79.8 cm³/mol. The minimum atomic E-state index is -0.799. The molecule has 2 rings (SSSR count). The highest BCUT2D eigenvalue weighted by atomic mass is 35.5. The van der Waals surface area contributed by atoms with Gasteiger partial charge in [0.1, 0.15) is 5.82 Å². The highest BCUT2D eigenvalue weighted by Crippen LogP contribution is 2.31. The second-order valence-corrected chi connectivity index (χ2v) is 4.98. The molecule has 1 aliphatic rings. The first kappa shape index (κ1) is 16.3. The quantitative estimate of drug-likeness (QED) is 0.683. The molecule has 0 bridgehead atoms. The van der Waals surface area contributed by atoms with Crippen LogP contribution in [0.5, 0.6) is 0 Å². The lowest BCUT2D eigenvalue weighted by Gasteiger charge is -2.33. The molecular weight excluding hydrogens is 311 g/mol. The van der Waals surface area contributed by atoms with E-state index in [2.05, 4.69) is 5.32 Å². The molecule has 0 radical (unpaired) electrons. The zero-order chi connectivity index (χ0) is 16.3. The fourth-order valence-corrected chi connectivity index (χ4v) is 2.63. The molecule has 0 aliphatic carbocycles. The van der Waals surface area contributed by atoms with E-state index in [0.29, 0.717) is 11.3 Å². The molecule has 0 saturated heterocycles. The van der Waals surface area contributed by atoms with Crippen molar-refractivity contribution < 1.29 is 18.7 Å². The average molecular weight is 327 g/mol. The Bertz CT molecular complexity index is 633. The van der Waals surface area contributed by atoms with Gasteiger partial charge in [-0.1, -0.05) is 12.1 Å². The van der Waals surface area contributed by atoms with E-state index in [1.165, 1.54) is 30.1 Å². The van der Waals surface area contributed by atoms with Gasteiger partial charge in [-0.3, -0.25) is 4.90 Å². The molecule has 1 atom stereocenters. The molecule has 22 heavy (non-hydrogen) atoms. The number of esters is 1. The predicted octanol–water partition coefficient (Wildman–Crippen LogP) is 2.58. The fourth-order valence-electron chi connectivity index (χ4n) is 2.30. The lowest BCUT2D eigenvalue weighted by Crippen LogP contribution is -2.47. The summed E-state index contributed by atoms with van der Waals surface area (Å²) in [4.78, 5) is 25.6. The average Bonchev–Trinajstić information content (AvgIpc) is 2.49. The third-order valence-electron chi connectivity index (χ3n) is 3.38. The molecular formula is C15H16ClFN2O3. The van der Waals surface area contributed by atoms with Crippen LogP contribution in [0.15, 0.2) is 35.5 Å². The molecule has 5 nitrogen and oxygen atoms in total. The number of rotatable bonds is 4. The largest absolute Gasteiger partial charge is 0.463 e. The third kappa shape index (κ3) is 3.06. The van der Waals surface area contributed by atoms with Crippen molar-refractivity contribution in [1.29, 1.82) is 0 Å². The topological polar surface area (TPSA) is 58.6 Å². The summed E-state index contributed by atoms with van der Waals surface area (Å²) in [6.45, 7) is 1.87. The summed E-state index contributed by atoms with van der Waals surface area (Å²) in [5, 5.41) is 2.67. The van der Waals surface area contributed by atoms with Crippen molar-refractivity contribution in [3.05, 3.63) is 46.9 Å². The van der Waals surface area contributed by atoms with Gasteiger partial charge < -0.3 is 10.1 Å². The number of nitrogens with zero attached hydrogens (tertiary/aromatic N) is 1. The Morgan fingerprint density at radius 3 is 2.82 bits per heavy atom. The number of halogens is 2. The minimum absolute atomic E-state index is 0.0378. The Morgan fingerprint density at radius 1 is 1.50 bits per heavy atom. The zero-order valence-electron chi connectivity index (χ0n) is 12.2. The van der Waals surface area contributed by atoms with Crippen molar-refractivity contribution in [3.8, 4) is 0 Å². The molecule has 0 fully saturated rings. The molecule has 118 valence electrons. The fraction of sp³-hybridized carbons (Fsp3) is 0.333. The first-order valence-corrected chi connectivity index (χ1v) is 7.28. The van der Waals surface area contributed by atoms with Crippen LogP contribution in [0.1, 0.15) is 18.5 Å². The Morgan fingerprint density at radius 2 is 2.23 bits per heavy atom. The van der Waals surface area contributed by atoms with Crippen molar-refractivity contribution in [3.63, 3.8) is 0 Å². The van der Waals surface area contributed by atoms with Crippen LogP contribution < -0.4 is 5.32 Å². The zero-order valence-corrected chi connectivity index (χ0v) is 13.0. The van der Waals surface area contributed by atoms with Crippen LogP contribution in [-0.4, -0.2) is 36.4 Å². The summed E-state index contributed by atoms with van der Waals surface area (Å²) in [5.74, 6) is -1.08. The third-order valence-corrected chi connectivity index (χ3v) is 3.63. The maximum atomic E-state index is 13.5. The number of nitrogens with one attached hydrogen (secondary N) is 1. The summed E-state index contributed by atoms with van der Waals surface area (Å²) in [5.41, 5.74) is 1.01. The van der Waals surface area contributed by atoms with Gasteiger partial charge in [-0.15, -0.1) is 11.6 Å². The van der Waals surface area contributed by atoms with Gasteiger partial charge in [0.2, 0.25) is 0 Å². The molecule has 0 aromatic heterocycles. The van der Waals surface area contributed by atoms with Crippen LogP contribution >= 0.6 is 11.6 Å². The number of ether oxygens (including phenoxy) is 1. The highest BCUT2D eigenvalue weighted by molar-refractivity contribution is 6.20. The number of alkyl halides is 1. The van der Waals surface area contributed by atoms with Gasteiger partial charge in [0.15, 0.2) is 0 Å².